The van der Waals surface area contributed by atoms with E-state index < -0.39 is 5.91 Å². The van der Waals surface area contributed by atoms with Crippen molar-refractivity contribution in [1.82, 2.24) is 15.0 Å². The zero-order valence-corrected chi connectivity index (χ0v) is 15.6. The van der Waals surface area contributed by atoms with Crippen molar-refractivity contribution < 1.29 is 9.59 Å². The van der Waals surface area contributed by atoms with Crippen molar-refractivity contribution >= 4 is 39.8 Å². The number of ketones is 1. The number of hydrogen-bond acceptors (Lipinski definition) is 6. The van der Waals surface area contributed by atoms with Crippen LogP contribution in [0.1, 0.15) is 27.8 Å². The first-order valence-corrected chi connectivity index (χ1v) is 8.95. The van der Waals surface area contributed by atoms with Crippen LogP contribution in [0.2, 0.25) is 0 Å². The van der Waals surface area contributed by atoms with E-state index in [1.165, 1.54) is 19.3 Å². The highest BCUT2D eigenvalue weighted by atomic mass is 16.2. The number of pyridine rings is 1. The van der Waals surface area contributed by atoms with Crippen molar-refractivity contribution in [3.8, 4) is 0 Å². The molecule has 4 rings (SSSR count). The lowest BCUT2D eigenvalue weighted by Gasteiger charge is -2.09. The number of rotatable bonds is 5. The molecule has 0 unspecified atom stereocenters. The van der Waals surface area contributed by atoms with E-state index >= 15 is 0 Å². The second kappa shape index (κ2) is 7.85. The molecule has 2 aromatic heterocycles. The zero-order valence-electron chi connectivity index (χ0n) is 15.6. The number of benzene rings is 2. The number of amides is 1. The van der Waals surface area contributed by atoms with Crippen LogP contribution in [0.4, 0.5) is 17.2 Å². The van der Waals surface area contributed by atoms with Crippen molar-refractivity contribution in [2.24, 2.45) is 0 Å². The van der Waals surface area contributed by atoms with Gasteiger partial charge in [0.2, 0.25) is 0 Å². The standard InChI is InChI=1S/C22H17N5O2/c1-14(28)16-6-2-8-17(11-16)26-22(29)19-12-25-20(13-24-19)27-18-9-3-5-15-7-4-10-23-21(15)18/h2-13H,1H3,(H,25,27)(H,26,29). The van der Waals surface area contributed by atoms with Crippen LogP contribution in [0, 0.1) is 0 Å². The number of hydrogen-bond donors (Lipinski definition) is 2. The van der Waals surface area contributed by atoms with E-state index in [1.54, 1.807) is 30.5 Å². The number of carbonyl (C=O) groups excluding carboxylic acids is 2. The molecule has 0 saturated carbocycles. The van der Waals surface area contributed by atoms with Gasteiger partial charge in [-0.15, -0.1) is 0 Å². The fourth-order valence-electron chi connectivity index (χ4n) is 2.86. The zero-order chi connectivity index (χ0) is 20.2. The Morgan fingerprint density at radius 2 is 1.72 bits per heavy atom. The number of nitrogens with zero attached hydrogens (tertiary/aromatic N) is 3. The number of nitrogens with one attached hydrogen (secondary N) is 2. The molecule has 0 bridgehead atoms. The molecule has 0 saturated heterocycles. The van der Waals surface area contributed by atoms with Crippen LogP contribution < -0.4 is 10.6 Å². The minimum absolute atomic E-state index is 0.0701. The highest BCUT2D eigenvalue weighted by Crippen LogP contribution is 2.23. The maximum atomic E-state index is 12.4. The van der Waals surface area contributed by atoms with E-state index in [0.717, 1.165) is 16.6 Å². The van der Waals surface area contributed by atoms with E-state index in [4.69, 9.17) is 0 Å². The van der Waals surface area contributed by atoms with Crippen LogP contribution in [0.5, 0.6) is 0 Å². The molecular formula is C22H17N5O2. The first kappa shape index (κ1) is 18.2. The summed E-state index contributed by atoms with van der Waals surface area (Å²) in [5, 5.41) is 6.91. The number of fused-ring (bicyclic) bond motifs is 1. The summed E-state index contributed by atoms with van der Waals surface area (Å²) in [6, 6.07) is 16.4. The summed E-state index contributed by atoms with van der Waals surface area (Å²) in [5.74, 6) is 0.0223. The molecule has 2 aromatic carbocycles. The Balaban J connectivity index is 1.49. The fraction of sp³-hybridized carbons (Fsp3) is 0.0455. The maximum absolute atomic E-state index is 12.4. The molecule has 0 aliphatic carbocycles. The Hall–Kier alpha value is -4.13. The van der Waals surface area contributed by atoms with Crippen LogP contribution in [0.15, 0.2) is 73.2 Å². The van der Waals surface area contributed by atoms with Gasteiger partial charge in [-0.3, -0.25) is 14.6 Å². The average molecular weight is 383 g/mol. The van der Waals surface area contributed by atoms with Crippen LogP contribution in [0.25, 0.3) is 10.9 Å². The summed E-state index contributed by atoms with van der Waals surface area (Å²) in [6.45, 7) is 1.48. The predicted molar refractivity (Wildman–Crippen MR) is 111 cm³/mol. The Labute approximate surface area is 166 Å². The molecule has 142 valence electrons. The van der Waals surface area contributed by atoms with E-state index in [9.17, 15) is 9.59 Å². The van der Waals surface area contributed by atoms with Gasteiger partial charge in [0, 0.05) is 22.8 Å². The molecule has 0 spiro atoms. The SMILES string of the molecule is CC(=O)c1cccc(NC(=O)c2cnc(Nc3cccc4cccnc34)cn2)c1. The van der Waals surface area contributed by atoms with Crippen molar-refractivity contribution in [1.29, 1.82) is 0 Å². The van der Waals surface area contributed by atoms with Gasteiger partial charge in [0.25, 0.3) is 5.91 Å². The molecule has 0 aliphatic rings. The van der Waals surface area contributed by atoms with Gasteiger partial charge in [-0.05, 0) is 31.2 Å². The lowest BCUT2D eigenvalue weighted by Crippen LogP contribution is -2.14. The normalized spacial score (nSPS) is 10.5. The highest BCUT2D eigenvalue weighted by Gasteiger charge is 2.10. The van der Waals surface area contributed by atoms with E-state index in [0.29, 0.717) is 17.1 Å². The van der Waals surface area contributed by atoms with Gasteiger partial charge in [0.1, 0.15) is 11.5 Å². The van der Waals surface area contributed by atoms with Gasteiger partial charge >= 0.3 is 0 Å². The van der Waals surface area contributed by atoms with Crippen LogP contribution in [0.3, 0.4) is 0 Å². The summed E-state index contributed by atoms with van der Waals surface area (Å²) < 4.78 is 0. The smallest absolute Gasteiger partial charge is 0.275 e. The highest BCUT2D eigenvalue weighted by molar-refractivity contribution is 6.03. The van der Waals surface area contributed by atoms with Gasteiger partial charge in [0.05, 0.1) is 23.6 Å². The first-order chi connectivity index (χ1) is 14.1. The molecule has 29 heavy (non-hydrogen) atoms. The largest absolute Gasteiger partial charge is 0.337 e. The predicted octanol–water partition coefficient (Wildman–Crippen LogP) is 4.22. The number of aromatic nitrogens is 3. The minimum atomic E-state index is -0.406. The molecule has 7 heteroatoms. The van der Waals surface area contributed by atoms with Gasteiger partial charge < -0.3 is 10.6 Å². The molecular weight excluding hydrogens is 366 g/mol. The lowest BCUT2D eigenvalue weighted by atomic mass is 10.1. The third kappa shape index (κ3) is 4.08. The topological polar surface area (TPSA) is 96.9 Å². The molecule has 0 atom stereocenters. The third-order valence-electron chi connectivity index (χ3n) is 4.31. The number of carbonyl (C=O) groups is 2. The maximum Gasteiger partial charge on any atom is 0.275 e. The lowest BCUT2D eigenvalue weighted by molar-refractivity contribution is 0.100. The van der Waals surface area contributed by atoms with Crippen molar-refractivity contribution in [2.45, 2.75) is 6.92 Å². The molecule has 0 fully saturated rings. The number of anilines is 3. The molecule has 0 radical (unpaired) electrons. The second-order valence-corrected chi connectivity index (χ2v) is 6.38. The van der Waals surface area contributed by atoms with Gasteiger partial charge in [0.15, 0.2) is 5.78 Å². The monoisotopic (exact) mass is 383 g/mol. The second-order valence-electron chi connectivity index (χ2n) is 6.38. The van der Waals surface area contributed by atoms with E-state index in [-0.39, 0.29) is 11.5 Å². The van der Waals surface area contributed by atoms with Crippen molar-refractivity contribution in [3.63, 3.8) is 0 Å². The van der Waals surface area contributed by atoms with Crippen molar-refractivity contribution in [2.75, 3.05) is 10.6 Å². The first-order valence-electron chi connectivity index (χ1n) is 8.95. The summed E-state index contributed by atoms with van der Waals surface area (Å²) in [6.07, 6.45) is 4.61. The fourth-order valence-corrected chi connectivity index (χ4v) is 2.86. The summed E-state index contributed by atoms with van der Waals surface area (Å²) in [7, 11) is 0. The van der Waals surface area contributed by atoms with Gasteiger partial charge in [-0.2, -0.15) is 0 Å². The molecule has 4 aromatic rings. The number of Topliss-reactive ketones (excluding diaryl/α,β-unsaturated/α-hetero) is 1. The molecule has 2 N–H and O–H groups in total. The van der Waals surface area contributed by atoms with Crippen LogP contribution in [-0.4, -0.2) is 26.6 Å². The van der Waals surface area contributed by atoms with Crippen LogP contribution >= 0.6 is 0 Å². The summed E-state index contributed by atoms with van der Waals surface area (Å²) in [5.41, 5.74) is 2.84. The summed E-state index contributed by atoms with van der Waals surface area (Å²) >= 11 is 0. The van der Waals surface area contributed by atoms with Gasteiger partial charge in [-0.1, -0.05) is 30.3 Å². The third-order valence-corrected chi connectivity index (χ3v) is 4.31. The van der Waals surface area contributed by atoms with Crippen LogP contribution in [-0.2, 0) is 0 Å². The quantitative estimate of drug-likeness (QED) is 0.501. The molecule has 1 amide bonds. The Bertz CT molecular complexity index is 1200. The van der Waals surface area contributed by atoms with E-state index in [2.05, 4.69) is 25.6 Å². The van der Waals surface area contributed by atoms with Crippen molar-refractivity contribution in [3.05, 3.63) is 84.4 Å². The average Bonchev–Trinajstić information content (AvgIpc) is 2.75. The molecule has 7 nitrogen and oxygen atoms in total. The number of para-hydroxylation sites is 1. The molecule has 0 aliphatic heterocycles. The van der Waals surface area contributed by atoms with Gasteiger partial charge in [-0.25, -0.2) is 9.97 Å². The van der Waals surface area contributed by atoms with E-state index in [1.807, 2.05) is 30.3 Å². The Morgan fingerprint density at radius 3 is 2.52 bits per heavy atom. The Morgan fingerprint density at radius 1 is 0.897 bits per heavy atom. The minimum Gasteiger partial charge on any atom is -0.337 e. The summed E-state index contributed by atoms with van der Waals surface area (Å²) in [4.78, 5) is 36.7. The molecule has 2 heterocycles. The Kier molecular flexibility index (Phi) is 4.94.